The third-order valence-corrected chi connectivity index (χ3v) is 9.04. The van der Waals surface area contributed by atoms with Gasteiger partial charge in [-0.05, 0) is 67.3 Å². The van der Waals surface area contributed by atoms with Gasteiger partial charge in [-0.15, -0.1) is 11.3 Å². The monoisotopic (exact) mass is 606 g/mol. The second kappa shape index (κ2) is 12.5. The number of halogens is 1. The van der Waals surface area contributed by atoms with Crippen molar-refractivity contribution in [2.75, 3.05) is 12.4 Å². The average molecular weight is 607 g/mol. The smallest absolute Gasteiger partial charge is 0.356 e. The number of pyridine rings is 1. The normalized spacial score (nSPS) is 13.9. The first-order valence-corrected chi connectivity index (χ1v) is 15.0. The van der Waals surface area contributed by atoms with Gasteiger partial charge in [0, 0.05) is 27.9 Å². The molecule has 1 amide bonds. The molecule has 218 valence electrons. The molecule has 42 heavy (non-hydrogen) atoms. The summed E-state index contributed by atoms with van der Waals surface area (Å²) >= 11 is 7.48. The highest BCUT2D eigenvalue weighted by atomic mass is 35.5. The number of rotatable bonds is 6. The van der Waals surface area contributed by atoms with Crippen LogP contribution >= 0.6 is 22.9 Å². The maximum Gasteiger partial charge on any atom is 0.356 e. The molecule has 0 aliphatic heterocycles. The summed E-state index contributed by atoms with van der Waals surface area (Å²) in [4.78, 5) is 54.1. The standard InChI is InChI=1S/C32H31ClN2O6S/c1-18(28(36)34-29-26(31(38)40-3)23-12-6-4-5-7-13-24(23)42-29)41-32(39)27-25(19-14-16-20(33)17-15-19)21-10-8-9-11-22(21)30(37)35(27)2/h8-11,14-18H,4-7,12-13H2,1-3H3,(H,34,36). The number of thiophene rings is 1. The van der Waals surface area contributed by atoms with Crippen LogP contribution in [0.3, 0.4) is 0 Å². The van der Waals surface area contributed by atoms with E-state index in [0.717, 1.165) is 49.0 Å². The predicted molar refractivity (Wildman–Crippen MR) is 165 cm³/mol. The summed E-state index contributed by atoms with van der Waals surface area (Å²) in [6.45, 7) is 1.45. The molecule has 1 atom stereocenters. The Kier molecular flexibility index (Phi) is 8.80. The molecule has 5 rings (SSSR count). The van der Waals surface area contributed by atoms with E-state index < -0.39 is 23.9 Å². The number of carbonyl (C=O) groups is 3. The van der Waals surface area contributed by atoms with E-state index in [2.05, 4.69) is 5.32 Å². The molecule has 0 fully saturated rings. The Morgan fingerprint density at radius 3 is 2.31 bits per heavy atom. The van der Waals surface area contributed by atoms with Crippen LogP contribution in [0.2, 0.25) is 5.02 Å². The van der Waals surface area contributed by atoms with Crippen LogP contribution in [0.15, 0.2) is 53.3 Å². The van der Waals surface area contributed by atoms with Crippen molar-refractivity contribution in [2.24, 2.45) is 7.05 Å². The number of esters is 2. The van der Waals surface area contributed by atoms with Gasteiger partial charge >= 0.3 is 11.9 Å². The molecule has 2 aromatic heterocycles. The number of amides is 1. The Labute approximate surface area is 252 Å². The third kappa shape index (κ3) is 5.71. The van der Waals surface area contributed by atoms with Crippen LogP contribution in [-0.2, 0) is 34.2 Å². The van der Waals surface area contributed by atoms with Gasteiger partial charge in [-0.1, -0.05) is 54.8 Å². The minimum Gasteiger partial charge on any atom is -0.465 e. The number of benzene rings is 2. The Bertz CT molecular complexity index is 1740. The lowest BCUT2D eigenvalue weighted by molar-refractivity contribution is -0.123. The zero-order chi connectivity index (χ0) is 30.0. The molecule has 2 heterocycles. The van der Waals surface area contributed by atoms with Gasteiger partial charge in [0.1, 0.15) is 10.7 Å². The van der Waals surface area contributed by atoms with Crippen molar-refractivity contribution in [3.63, 3.8) is 0 Å². The highest BCUT2D eigenvalue weighted by Gasteiger charge is 2.30. The zero-order valence-electron chi connectivity index (χ0n) is 23.6. The minimum absolute atomic E-state index is 0.00927. The topological polar surface area (TPSA) is 104 Å². The van der Waals surface area contributed by atoms with Crippen LogP contribution in [-0.4, -0.2) is 35.6 Å². The van der Waals surface area contributed by atoms with E-state index >= 15 is 0 Å². The van der Waals surface area contributed by atoms with Crippen molar-refractivity contribution < 1.29 is 23.9 Å². The lowest BCUT2D eigenvalue weighted by Gasteiger charge is -2.19. The molecule has 0 bridgehead atoms. The number of nitrogens with zero attached hydrogens (tertiary/aromatic N) is 1. The summed E-state index contributed by atoms with van der Waals surface area (Å²) in [7, 11) is 2.82. The molecule has 8 nitrogen and oxygen atoms in total. The van der Waals surface area contributed by atoms with Gasteiger partial charge in [0.2, 0.25) is 0 Å². The van der Waals surface area contributed by atoms with Crippen LogP contribution in [0, 0.1) is 0 Å². The van der Waals surface area contributed by atoms with Crippen molar-refractivity contribution >= 4 is 56.6 Å². The molecule has 1 N–H and O–H groups in total. The summed E-state index contributed by atoms with van der Waals surface area (Å²) in [6, 6.07) is 13.9. The Morgan fingerprint density at radius 1 is 0.952 bits per heavy atom. The van der Waals surface area contributed by atoms with Crippen LogP contribution in [0.1, 0.15) is 63.9 Å². The molecule has 0 radical (unpaired) electrons. The van der Waals surface area contributed by atoms with E-state index in [-0.39, 0.29) is 11.3 Å². The number of aryl methyl sites for hydroxylation is 1. The van der Waals surface area contributed by atoms with Gasteiger partial charge in [-0.25, -0.2) is 9.59 Å². The number of nitrogens with one attached hydrogen (secondary N) is 1. The van der Waals surface area contributed by atoms with E-state index in [1.54, 1.807) is 48.5 Å². The molecule has 2 aromatic carbocycles. The third-order valence-electron chi connectivity index (χ3n) is 7.58. The van der Waals surface area contributed by atoms with Gasteiger partial charge < -0.3 is 19.4 Å². The van der Waals surface area contributed by atoms with E-state index in [9.17, 15) is 19.2 Å². The quantitative estimate of drug-likeness (QED) is 0.250. The number of ether oxygens (including phenoxy) is 2. The average Bonchev–Trinajstić information content (AvgIpc) is 3.30. The number of fused-ring (bicyclic) bond motifs is 2. The highest BCUT2D eigenvalue weighted by Crippen LogP contribution is 2.38. The molecule has 1 aliphatic carbocycles. The minimum atomic E-state index is -1.23. The first-order valence-electron chi connectivity index (χ1n) is 13.8. The Hall–Kier alpha value is -3.95. The summed E-state index contributed by atoms with van der Waals surface area (Å²) in [5, 5.41) is 4.74. The molecular weight excluding hydrogens is 576 g/mol. The van der Waals surface area contributed by atoms with E-state index in [1.165, 1.54) is 37.0 Å². The molecule has 0 saturated heterocycles. The zero-order valence-corrected chi connectivity index (χ0v) is 25.2. The summed E-state index contributed by atoms with van der Waals surface area (Å²) in [6.07, 6.45) is 4.50. The number of hydrogen-bond donors (Lipinski definition) is 1. The predicted octanol–water partition coefficient (Wildman–Crippen LogP) is 6.55. The molecule has 0 saturated carbocycles. The number of anilines is 1. The maximum absolute atomic E-state index is 13.7. The largest absolute Gasteiger partial charge is 0.465 e. The SMILES string of the molecule is COC(=O)c1c(NC(=O)C(C)OC(=O)c2c(-c3ccc(Cl)cc3)c3ccccc3c(=O)n2C)sc2c1CCCCCC2. The van der Waals surface area contributed by atoms with Crippen molar-refractivity contribution in [1.82, 2.24) is 4.57 Å². The van der Waals surface area contributed by atoms with Crippen LogP contribution in [0.4, 0.5) is 5.00 Å². The Balaban J connectivity index is 1.48. The highest BCUT2D eigenvalue weighted by molar-refractivity contribution is 7.17. The molecule has 1 unspecified atom stereocenters. The molecule has 4 aromatic rings. The number of hydrogen-bond acceptors (Lipinski definition) is 7. The number of aromatic nitrogens is 1. The second-order valence-corrected chi connectivity index (χ2v) is 11.8. The summed E-state index contributed by atoms with van der Waals surface area (Å²) in [5.74, 6) is -1.94. The first kappa shape index (κ1) is 29.5. The lowest BCUT2D eigenvalue weighted by atomic mass is 9.96. The molecular formula is C32H31ClN2O6S. The summed E-state index contributed by atoms with van der Waals surface area (Å²) in [5.41, 5.74) is 2.08. The van der Waals surface area contributed by atoms with Crippen LogP contribution in [0.25, 0.3) is 21.9 Å². The number of carbonyl (C=O) groups excluding carboxylic acids is 3. The summed E-state index contributed by atoms with van der Waals surface area (Å²) < 4.78 is 12.0. The molecule has 0 spiro atoms. The van der Waals surface area contributed by atoms with Crippen molar-refractivity contribution in [3.8, 4) is 11.1 Å². The second-order valence-electron chi connectivity index (χ2n) is 10.3. The Morgan fingerprint density at radius 2 is 1.62 bits per heavy atom. The fourth-order valence-corrected chi connectivity index (χ4v) is 6.83. The number of methoxy groups -OCH3 is 1. The van der Waals surface area contributed by atoms with E-state index in [4.69, 9.17) is 21.1 Å². The fraction of sp³-hybridized carbons (Fsp3) is 0.312. The first-order chi connectivity index (χ1) is 20.2. The fourth-order valence-electron chi connectivity index (χ4n) is 5.42. The van der Waals surface area contributed by atoms with Crippen LogP contribution in [0.5, 0.6) is 0 Å². The van der Waals surface area contributed by atoms with Gasteiger partial charge in [-0.3, -0.25) is 9.59 Å². The van der Waals surface area contributed by atoms with Crippen molar-refractivity contribution in [2.45, 2.75) is 51.6 Å². The van der Waals surface area contributed by atoms with Gasteiger partial charge in [-0.2, -0.15) is 0 Å². The lowest BCUT2D eigenvalue weighted by Crippen LogP contribution is -2.33. The van der Waals surface area contributed by atoms with Gasteiger partial charge in [0.05, 0.1) is 12.7 Å². The van der Waals surface area contributed by atoms with Crippen molar-refractivity contribution in [1.29, 1.82) is 0 Å². The van der Waals surface area contributed by atoms with Gasteiger partial charge in [0.25, 0.3) is 11.5 Å². The van der Waals surface area contributed by atoms with Crippen molar-refractivity contribution in [3.05, 3.63) is 85.6 Å². The maximum atomic E-state index is 13.7. The van der Waals surface area contributed by atoms with Crippen LogP contribution < -0.4 is 10.9 Å². The molecule has 1 aliphatic rings. The molecule has 10 heteroatoms. The van der Waals surface area contributed by atoms with E-state index in [0.29, 0.717) is 37.5 Å². The van der Waals surface area contributed by atoms with Gasteiger partial charge in [0.15, 0.2) is 6.10 Å². The van der Waals surface area contributed by atoms with E-state index in [1.807, 2.05) is 0 Å².